The van der Waals surface area contributed by atoms with Gasteiger partial charge in [-0.3, -0.25) is 0 Å². The molecule has 0 amide bonds. The minimum atomic E-state index is -0.410. The van der Waals surface area contributed by atoms with E-state index in [1.165, 1.54) is 0 Å². The molecule has 0 radical (unpaired) electrons. The lowest BCUT2D eigenvalue weighted by atomic mass is 10.1. The van der Waals surface area contributed by atoms with E-state index < -0.39 is 6.10 Å². The first-order valence-corrected chi connectivity index (χ1v) is 5.30. The van der Waals surface area contributed by atoms with Gasteiger partial charge in [0.15, 0.2) is 6.10 Å². The van der Waals surface area contributed by atoms with Crippen LogP contribution >= 0.6 is 0 Å². The number of nitrogens with two attached hydrogens (primary N) is 1. The van der Waals surface area contributed by atoms with Gasteiger partial charge in [0.2, 0.25) is 0 Å². The van der Waals surface area contributed by atoms with Gasteiger partial charge in [0, 0.05) is 17.9 Å². The summed E-state index contributed by atoms with van der Waals surface area (Å²) >= 11 is 0. The zero-order valence-electron chi connectivity index (χ0n) is 9.26. The Bertz CT molecular complexity index is 500. The number of hydrogen-bond acceptors (Lipinski definition) is 5. The van der Waals surface area contributed by atoms with Gasteiger partial charge in [-0.1, -0.05) is 0 Å². The molecule has 2 N–H and O–H groups in total. The predicted octanol–water partition coefficient (Wildman–Crippen LogP) is 0.869. The average molecular weight is 228 g/mol. The summed E-state index contributed by atoms with van der Waals surface area (Å²) in [6, 6.07) is 9.46. The molecule has 5 heteroatoms. The normalized spacial score (nSPS) is 19.4. The Morgan fingerprint density at radius 1 is 1.41 bits per heavy atom. The maximum absolute atomic E-state index is 8.91. The van der Waals surface area contributed by atoms with E-state index in [0.717, 1.165) is 5.69 Å². The van der Waals surface area contributed by atoms with Crippen molar-refractivity contribution >= 4 is 11.4 Å². The molecule has 0 saturated carbocycles. The second-order valence-corrected chi connectivity index (χ2v) is 3.82. The molecule has 86 valence electrons. The molecule has 0 bridgehead atoms. The van der Waals surface area contributed by atoms with Gasteiger partial charge in [-0.2, -0.15) is 10.5 Å². The molecule has 1 aromatic rings. The van der Waals surface area contributed by atoms with Gasteiger partial charge in [0.25, 0.3) is 0 Å². The monoisotopic (exact) mass is 228 g/mol. The Labute approximate surface area is 99.6 Å². The Kier molecular flexibility index (Phi) is 3.13. The Morgan fingerprint density at radius 3 is 2.94 bits per heavy atom. The van der Waals surface area contributed by atoms with Crippen molar-refractivity contribution in [1.82, 2.24) is 0 Å². The van der Waals surface area contributed by atoms with Crippen LogP contribution in [0.4, 0.5) is 11.4 Å². The van der Waals surface area contributed by atoms with E-state index in [0.29, 0.717) is 30.9 Å². The van der Waals surface area contributed by atoms with Gasteiger partial charge in [0.1, 0.15) is 6.07 Å². The van der Waals surface area contributed by atoms with Crippen LogP contribution in [0.3, 0.4) is 0 Å². The molecule has 2 rings (SSSR count). The molecule has 1 aliphatic rings. The number of ether oxygens (including phenoxy) is 1. The highest BCUT2D eigenvalue weighted by molar-refractivity contribution is 5.63. The number of anilines is 2. The van der Waals surface area contributed by atoms with E-state index in [1.807, 2.05) is 11.0 Å². The van der Waals surface area contributed by atoms with Gasteiger partial charge in [-0.15, -0.1) is 0 Å². The molecule has 1 atom stereocenters. The minimum Gasteiger partial charge on any atom is -0.398 e. The second-order valence-electron chi connectivity index (χ2n) is 3.82. The Balaban J connectivity index is 2.23. The number of benzene rings is 1. The fourth-order valence-electron chi connectivity index (χ4n) is 1.80. The van der Waals surface area contributed by atoms with Crippen LogP contribution in [0, 0.1) is 22.7 Å². The summed E-state index contributed by atoms with van der Waals surface area (Å²) in [5.41, 5.74) is 7.50. The first-order chi connectivity index (χ1) is 8.24. The van der Waals surface area contributed by atoms with Crippen LogP contribution in [-0.2, 0) is 4.74 Å². The predicted molar refractivity (Wildman–Crippen MR) is 63.1 cm³/mol. The van der Waals surface area contributed by atoms with Crippen molar-refractivity contribution in [3.8, 4) is 12.1 Å². The number of nitrogen functional groups attached to an aromatic ring is 1. The van der Waals surface area contributed by atoms with Crippen LogP contribution in [0.15, 0.2) is 18.2 Å². The molecule has 1 heterocycles. The Morgan fingerprint density at radius 2 is 2.24 bits per heavy atom. The molecule has 1 unspecified atom stereocenters. The van der Waals surface area contributed by atoms with Crippen LogP contribution in [-0.4, -0.2) is 25.8 Å². The lowest BCUT2D eigenvalue weighted by Gasteiger charge is -2.31. The third-order valence-corrected chi connectivity index (χ3v) is 2.73. The van der Waals surface area contributed by atoms with E-state index in [1.54, 1.807) is 12.1 Å². The summed E-state index contributed by atoms with van der Waals surface area (Å²) < 4.78 is 5.27. The van der Waals surface area contributed by atoms with Crippen LogP contribution in [0.25, 0.3) is 0 Å². The molecule has 1 fully saturated rings. The summed E-state index contributed by atoms with van der Waals surface area (Å²) in [6.07, 6.45) is -0.410. The number of nitrogens with zero attached hydrogens (tertiary/aromatic N) is 3. The van der Waals surface area contributed by atoms with E-state index >= 15 is 0 Å². The van der Waals surface area contributed by atoms with E-state index in [9.17, 15) is 0 Å². The quantitative estimate of drug-likeness (QED) is 0.721. The van der Waals surface area contributed by atoms with Crippen LogP contribution in [0.2, 0.25) is 0 Å². The van der Waals surface area contributed by atoms with Crippen LogP contribution in [0.5, 0.6) is 0 Å². The summed E-state index contributed by atoms with van der Waals surface area (Å²) in [4.78, 5) is 2.03. The zero-order valence-corrected chi connectivity index (χ0v) is 9.26. The highest BCUT2D eigenvalue weighted by Gasteiger charge is 2.20. The van der Waals surface area contributed by atoms with E-state index in [2.05, 4.69) is 12.1 Å². The number of hydrogen-bond donors (Lipinski definition) is 1. The first kappa shape index (κ1) is 11.3. The molecule has 0 spiro atoms. The van der Waals surface area contributed by atoms with Crippen molar-refractivity contribution in [1.29, 1.82) is 10.5 Å². The molecule has 1 aliphatic heterocycles. The highest BCUT2D eigenvalue weighted by Crippen LogP contribution is 2.22. The SMILES string of the molecule is N#Cc1cc(N2CCOC(C#N)C2)ccc1N. The third kappa shape index (κ3) is 2.30. The molecule has 17 heavy (non-hydrogen) atoms. The van der Waals surface area contributed by atoms with Gasteiger partial charge in [0.05, 0.1) is 24.8 Å². The van der Waals surface area contributed by atoms with E-state index in [-0.39, 0.29) is 0 Å². The smallest absolute Gasteiger partial charge is 0.161 e. The van der Waals surface area contributed by atoms with Crippen LogP contribution < -0.4 is 10.6 Å². The van der Waals surface area contributed by atoms with Crippen molar-refractivity contribution < 1.29 is 4.74 Å². The highest BCUT2D eigenvalue weighted by atomic mass is 16.5. The molecule has 1 saturated heterocycles. The minimum absolute atomic E-state index is 0.410. The molecule has 0 aliphatic carbocycles. The second kappa shape index (κ2) is 4.73. The van der Waals surface area contributed by atoms with Gasteiger partial charge >= 0.3 is 0 Å². The van der Waals surface area contributed by atoms with Crippen molar-refractivity contribution in [2.45, 2.75) is 6.10 Å². The molecular weight excluding hydrogens is 216 g/mol. The number of morpholine rings is 1. The summed E-state index contributed by atoms with van der Waals surface area (Å²) in [6.45, 7) is 1.75. The van der Waals surface area contributed by atoms with Crippen molar-refractivity contribution in [3.05, 3.63) is 23.8 Å². The van der Waals surface area contributed by atoms with Gasteiger partial charge in [-0.05, 0) is 18.2 Å². The van der Waals surface area contributed by atoms with Gasteiger partial charge < -0.3 is 15.4 Å². The van der Waals surface area contributed by atoms with Crippen LogP contribution in [0.1, 0.15) is 5.56 Å². The lowest BCUT2D eigenvalue weighted by Crippen LogP contribution is -2.41. The van der Waals surface area contributed by atoms with Crippen molar-refractivity contribution in [3.63, 3.8) is 0 Å². The first-order valence-electron chi connectivity index (χ1n) is 5.30. The summed E-state index contributed by atoms with van der Waals surface area (Å²) in [7, 11) is 0. The maximum Gasteiger partial charge on any atom is 0.161 e. The van der Waals surface area contributed by atoms with Gasteiger partial charge in [-0.25, -0.2) is 0 Å². The third-order valence-electron chi connectivity index (χ3n) is 2.73. The Hall–Kier alpha value is -2.24. The number of nitriles is 2. The lowest BCUT2D eigenvalue weighted by molar-refractivity contribution is 0.0764. The zero-order chi connectivity index (χ0) is 12.3. The fraction of sp³-hybridized carbons (Fsp3) is 0.333. The maximum atomic E-state index is 8.91. The summed E-state index contributed by atoms with van der Waals surface area (Å²) in [5, 5.41) is 17.7. The fourth-order valence-corrected chi connectivity index (χ4v) is 1.80. The standard InChI is InChI=1S/C12H12N4O/c13-6-9-5-10(1-2-12(9)15)16-3-4-17-11(7-14)8-16/h1-2,5,11H,3-4,8,15H2. The molecular formula is C12H12N4O. The average Bonchev–Trinajstić information content (AvgIpc) is 2.39. The summed E-state index contributed by atoms with van der Waals surface area (Å²) in [5.74, 6) is 0. The van der Waals surface area contributed by atoms with Crippen molar-refractivity contribution in [2.24, 2.45) is 0 Å². The molecule has 5 nitrogen and oxygen atoms in total. The topological polar surface area (TPSA) is 86.1 Å². The van der Waals surface area contributed by atoms with Crippen molar-refractivity contribution in [2.75, 3.05) is 30.3 Å². The molecule has 1 aromatic carbocycles. The molecule has 0 aromatic heterocycles. The van der Waals surface area contributed by atoms with E-state index in [4.69, 9.17) is 21.0 Å². The number of rotatable bonds is 1. The largest absolute Gasteiger partial charge is 0.398 e.